The fraction of sp³-hybridized carbons (Fsp3) is 0.273. The van der Waals surface area contributed by atoms with E-state index in [0.29, 0.717) is 5.76 Å². The van der Waals surface area contributed by atoms with Crippen LogP contribution in [0.1, 0.15) is 5.76 Å². The first-order valence-corrected chi connectivity index (χ1v) is 5.08. The number of hydrogen-bond acceptors (Lipinski definition) is 4. The first-order chi connectivity index (χ1) is 8.87. The van der Waals surface area contributed by atoms with Crippen LogP contribution in [-0.4, -0.2) is 31.2 Å². The van der Waals surface area contributed by atoms with Gasteiger partial charge >= 0.3 is 12.1 Å². The van der Waals surface area contributed by atoms with Gasteiger partial charge in [-0.15, -0.1) is 0 Å². The van der Waals surface area contributed by atoms with Crippen LogP contribution in [0.4, 0.5) is 13.2 Å². The lowest BCUT2D eigenvalue weighted by atomic mass is 10.4. The highest BCUT2D eigenvalue weighted by Gasteiger charge is 2.27. The Bertz CT molecular complexity index is 451. The summed E-state index contributed by atoms with van der Waals surface area (Å²) in [6.07, 6.45) is -0.805. The molecular formula is C11H10F3NO4. The summed E-state index contributed by atoms with van der Waals surface area (Å²) in [6, 6.07) is 3.19. The summed E-state index contributed by atoms with van der Waals surface area (Å²) in [5.41, 5.74) is 0. The predicted molar refractivity (Wildman–Crippen MR) is 57.8 cm³/mol. The van der Waals surface area contributed by atoms with Crippen molar-refractivity contribution >= 4 is 18.0 Å². The monoisotopic (exact) mass is 277 g/mol. The number of ether oxygens (including phenoxy) is 1. The summed E-state index contributed by atoms with van der Waals surface area (Å²) in [6.45, 7) is -2.25. The fourth-order valence-corrected chi connectivity index (χ4v) is 0.971. The smallest absolute Gasteiger partial charge is 0.405 e. The second-order valence-corrected chi connectivity index (χ2v) is 3.35. The van der Waals surface area contributed by atoms with Crippen molar-refractivity contribution in [2.24, 2.45) is 0 Å². The van der Waals surface area contributed by atoms with Crippen molar-refractivity contribution in [2.75, 3.05) is 13.2 Å². The Morgan fingerprint density at radius 2 is 2.16 bits per heavy atom. The molecular weight excluding hydrogens is 267 g/mol. The molecule has 0 saturated carbocycles. The van der Waals surface area contributed by atoms with Gasteiger partial charge in [-0.25, -0.2) is 4.79 Å². The summed E-state index contributed by atoms with van der Waals surface area (Å²) in [5, 5.41) is 1.56. The Balaban J connectivity index is 2.25. The van der Waals surface area contributed by atoms with Crippen LogP contribution in [0.15, 0.2) is 28.9 Å². The maximum Gasteiger partial charge on any atom is 0.405 e. The molecule has 0 aliphatic heterocycles. The number of furan rings is 1. The number of hydrogen-bond donors (Lipinski definition) is 1. The van der Waals surface area contributed by atoms with Gasteiger partial charge in [-0.2, -0.15) is 13.2 Å². The third-order valence-corrected chi connectivity index (χ3v) is 1.76. The zero-order chi connectivity index (χ0) is 14.3. The molecule has 1 aromatic heterocycles. The van der Waals surface area contributed by atoms with E-state index in [0.717, 1.165) is 6.08 Å². The maximum atomic E-state index is 11.7. The van der Waals surface area contributed by atoms with E-state index in [2.05, 4.69) is 4.74 Å². The number of nitrogens with one attached hydrogen (secondary N) is 1. The van der Waals surface area contributed by atoms with Crippen LogP contribution in [0.2, 0.25) is 0 Å². The van der Waals surface area contributed by atoms with Crippen LogP contribution in [0.25, 0.3) is 6.08 Å². The second kappa shape index (κ2) is 6.62. The highest BCUT2D eigenvalue weighted by Crippen LogP contribution is 2.11. The SMILES string of the molecule is O=C(COC(=O)C=Cc1ccco1)NCC(F)(F)F. The normalized spacial score (nSPS) is 11.5. The summed E-state index contributed by atoms with van der Waals surface area (Å²) < 4.78 is 44.6. The molecule has 1 heterocycles. The Hall–Kier alpha value is -2.25. The lowest BCUT2D eigenvalue weighted by molar-refractivity contribution is -0.148. The quantitative estimate of drug-likeness (QED) is 0.654. The molecule has 1 rings (SSSR count). The number of carbonyl (C=O) groups is 2. The van der Waals surface area contributed by atoms with Crippen LogP contribution in [0, 0.1) is 0 Å². The molecule has 0 spiro atoms. The molecule has 0 aromatic carbocycles. The average molecular weight is 277 g/mol. The number of carbonyl (C=O) groups excluding carboxylic acids is 2. The Morgan fingerprint density at radius 3 is 2.74 bits per heavy atom. The van der Waals surface area contributed by atoms with Gasteiger partial charge in [-0.05, 0) is 18.2 Å². The zero-order valence-corrected chi connectivity index (χ0v) is 9.57. The lowest BCUT2D eigenvalue weighted by Gasteiger charge is -2.07. The van der Waals surface area contributed by atoms with Crippen LogP contribution < -0.4 is 5.32 Å². The third-order valence-electron chi connectivity index (χ3n) is 1.76. The minimum Gasteiger partial charge on any atom is -0.465 e. The minimum atomic E-state index is -4.50. The first-order valence-electron chi connectivity index (χ1n) is 5.08. The Morgan fingerprint density at radius 1 is 1.42 bits per heavy atom. The van der Waals surface area contributed by atoms with E-state index in [4.69, 9.17) is 4.42 Å². The summed E-state index contributed by atoms with van der Waals surface area (Å²) >= 11 is 0. The van der Waals surface area contributed by atoms with Gasteiger partial charge in [0.1, 0.15) is 12.3 Å². The van der Waals surface area contributed by atoms with Crippen molar-refractivity contribution in [3.8, 4) is 0 Å². The minimum absolute atomic E-state index is 0.401. The highest BCUT2D eigenvalue weighted by molar-refractivity contribution is 5.88. The van der Waals surface area contributed by atoms with Gasteiger partial charge in [-0.1, -0.05) is 0 Å². The average Bonchev–Trinajstić information content (AvgIpc) is 2.83. The number of esters is 1. The van der Waals surface area contributed by atoms with Crippen molar-refractivity contribution in [1.29, 1.82) is 0 Å². The molecule has 0 bridgehead atoms. The highest BCUT2D eigenvalue weighted by atomic mass is 19.4. The first kappa shape index (κ1) is 14.8. The van der Waals surface area contributed by atoms with Crippen molar-refractivity contribution in [1.82, 2.24) is 5.32 Å². The van der Waals surface area contributed by atoms with E-state index in [1.807, 2.05) is 0 Å². The molecule has 5 nitrogen and oxygen atoms in total. The van der Waals surface area contributed by atoms with Crippen molar-refractivity contribution in [3.63, 3.8) is 0 Å². The molecule has 1 amide bonds. The van der Waals surface area contributed by atoms with Crippen molar-refractivity contribution < 1.29 is 31.9 Å². The van der Waals surface area contributed by atoms with Gasteiger partial charge in [0.25, 0.3) is 5.91 Å². The van der Waals surface area contributed by atoms with E-state index in [1.165, 1.54) is 12.3 Å². The molecule has 8 heteroatoms. The van der Waals surface area contributed by atoms with Gasteiger partial charge in [0.05, 0.1) is 6.26 Å². The molecule has 1 N–H and O–H groups in total. The molecule has 0 aliphatic rings. The number of halogens is 3. The summed E-state index contributed by atoms with van der Waals surface area (Å²) in [7, 11) is 0. The van der Waals surface area contributed by atoms with E-state index in [-0.39, 0.29) is 0 Å². The van der Waals surface area contributed by atoms with Crippen LogP contribution in [0.5, 0.6) is 0 Å². The topological polar surface area (TPSA) is 68.5 Å². The number of alkyl halides is 3. The van der Waals surface area contributed by atoms with Gasteiger partial charge in [0.15, 0.2) is 6.61 Å². The molecule has 0 radical (unpaired) electrons. The van der Waals surface area contributed by atoms with Gasteiger partial charge in [-0.3, -0.25) is 4.79 Å². The van der Waals surface area contributed by atoms with E-state index in [1.54, 1.807) is 17.4 Å². The molecule has 1 aromatic rings. The molecule has 0 atom stereocenters. The van der Waals surface area contributed by atoms with Gasteiger partial charge < -0.3 is 14.5 Å². The molecule has 0 unspecified atom stereocenters. The number of amides is 1. The number of rotatable bonds is 5. The molecule has 104 valence electrons. The molecule has 0 fully saturated rings. The van der Waals surface area contributed by atoms with E-state index >= 15 is 0 Å². The predicted octanol–water partition coefficient (Wildman–Crippen LogP) is 1.51. The van der Waals surface area contributed by atoms with Crippen LogP contribution in [0.3, 0.4) is 0 Å². The van der Waals surface area contributed by atoms with Crippen LogP contribution in [-0.2, 0) is 14.3 Å². The Labute approximate surface area is 106 Å². The van der Waals surface area contributed by atoms with E-state index in [9.17, 15) is 22.8 Å². The maximum absolute atomic E-state index is 11.7. The van der Waals surface area contributed by atoms with Crippen LogP contribution >= 0.6 is 0 Å². The molecule has 0 saturated heterocycles. The van der Waals surface area contributed by atoms with Crippen molar-refractivity contribution in [3.05, 3.63) is 30.2 Å². The fourth-order valence-electron chi connectivity index (χ4n) is 0.971. The third kappa shape index (κ3) is 6.92. The summed E-state index contributed by atoms with van der Waals surface area (Å²) in [5.74, 6) is -1.49. The molecule has 0 aliphatic carbocycles. The van der Waals surface area contributed by atoms with Gasteiger partial charge in [0.2, 0.25) is 0 Å². The van der Waals surface area contributed by atoms with E-state index < -0.39 is 31.2 Å². The zero-order valence-electron chi connectivity index (χ0n) is 9.57. The Kier molecular flexibility index (Phi) is 5.16. The standard InChI is InChI=1S/C11H10F3NO4/c12-11(13,14)7-15-9(16)6-19-10(17)4-3-8-2-1-5-18-8/h1-5H,6-7H2,(H,15,16). The lowest BCUT2D eigenvalue weighted by Crippen LogP contribution is -2.36. The summed E-state index contributed by atoms with van der Waals surface area (Å²) in [4.78, 5) is 22.0. The van der Waals surface area contributed by atoms with Crippen molar-refractivity contribution in [2.45, 2.75) is 6.18 Å². The second-order valence-electron chi connectivity index (χ2n) is 3.35. The largest absolute Gasteiger partial charge is 0.465 e. The molecule has 19 heavy (non-hydrogen) atoms. The van der Waals surface area contributed by atoms with Gasteiger partial charge in [0, 0.05) is 6.08 Å².